The van der Waals surface area contributed by atoms with Crippen LogP contribution >= 0.6 is 0 Å². The fourth-order valence-corrected chi connectivity index (χ4v) is 12.7. The van der Waals surface area contributed by atoms with E-state index in [1.165, 1.54) is 63.9 Å². The first-order valence-electron chi connectivity index (χ1n) is 22.8. The van der Waals surface area contributed by atoms with E-state index < -0.39 is 26.3 Å². The maximum absolute atomic E-state index is 14.1. The van der Waals surface area contributed by atoms with Gasteiger partial charge in [0.25, 0.3) is 5.69 Å². The molecular formula is C49H62N6O6S. The van der Waals surface area contributed by atoms with E-state index in [2.05, 4.69) is 52.6 Å². The van der Waals surface area contributed by atoms with E-state index in [9.17, 15) is 23.3 Å². The van der Waals surface area contributed by atoms with Crippen molar-refractivity contribution >= 4 is 38.0 Å². The number of hydrogen-bond donors (Lipinski definition) is 1. The van der Waals surface area contributed by atoms with Crippen molar-refractivity contribution in [1.82, 2.24) is 19.8 Å². The number of nitro groups is 1. The van der Waals surface area contributed by atoms with Crippen LogP contribution in [0.5, 0.6) is 11.5 Å². The number of nitrogens with zero attached hydrogens (tertiary/aromatic N) is 5. The highest BCUT2D eigenvalue weighted by Crippen LogP contribution is 2.74. The van der Waals surface area contributed by atoms with Gasteiger partial charge in [-0.2, -0.15) is 0 Å². The Morgan fingerprint density at radius 2 is 1.76 bits per heavy atom. The summed E-state index contributed by atoms with van der Waals surface area (Å²) in [6.45, 7) is 9.31. The maximum atomic E-state index is 14.1. The zero-order valence-corrected chi connectivity index (χ0v) is 37.7. The summed E-state index contributed by atoms with van der Waals surface area (Å²) in [5.74, 6) is -0.339. The first-order valence-corrected chi connectivity index (χ1v) is 24.4. The minimum Gasteiger partial charge on any atom is -0.455 e. The number of nitrogens with one attached hydrogen (secondary N) is 1. The summed E-state index contributed by atoms with van der Waals surface area (Å²) in [5, 5.41) is 13.0. The summed E-state index contributed by atoms with van der Waals surface area (Å²) in [5.41, 5.74) is 6.60. The van der Waals surface area contributed by atoms with Gasteiger partial charge in [-0.15, -0.1) is 0 Å². The van der Waals surface area contributed by atoms with Gasteiger partial charge in [-0.25, -0.2) is 13.4 Å². The van der Waals surface area contributed by atoms with Gasteiger partial charge in [0, 0.05) is 73.2 Å². The number of piperazine rings is 1. The quantitative estimate of drug-likeness (QED) is 0.0532. The van der Waals surface area contributed by atoms with Crippen LogP contribution in [0.25, 0.3) is 11.0 Å². The SMILES string of the molecule is CN(C)C12CC(C3=C(CN4CCN(c5ccc(C(=O)CS(=O)(=O)c6ccc(CCC7CCCCC7)c([N+](=O)[O-])c6)c(Oc6cnc7[nH]ccc7c6)c5)CC4)CCC(C)(C)C3)(C1)C2. The Hall–Kier alpha value is -4.59. The van der Waals surface area contributed by atoms with Crippen LogP contribution in [-0.2, 0) is 16.3 Å². The number of carbonyl (C=O) groups is 1. The number of aryl methyl sites for hydroxylation is 1. The van der Waals surface area contributed by atoms with E-state index in [1.54, 1.807) is 35.7 Å². The molecule has 3 heterocycles. The van der Waals surface area contributed by atoms with E-state index in [0.717, 1.165) is 69.1 Å². The molecule has 330 valence electrons. The van der Waals surface area contributed by atoms with Crippen LogP contribution in [0.4, 0.5) is 11.4 Å². The van der Waals surface area contributed by atoms with Crippen LogP contribution in [0, 0.1) is 26.9 Å². The maximum Gasteiger partial charge on any atom is 0.273 e. The molecule has 2 aromatic heterocycles. The fourth-order valence-electron chi connectivity index (χ4n) is 11.4. The number of ketones is 1. The minimum absolute atomic E-state index is 0.119. The van der Waals surface area contributed by atoms with Crippen LogP contribution < -0.4 is 9.64 Å². The van der Waals surface area contributed by atoms with Crippen molar-refractivity contribution in [2.45, 2.75) is 108 Å². The minimum atomic E-state index is -4.25. The fraction of sp³-hybridized carbons (Fsp3) is 0.551. The summed E-state index contributed by atoms with van der Waals surface area (Å²) < 4.78 is 34.1. The molecule has 1 saturated heterocycles. The zero-order valence-electron chi connectivity index (χ0n) is 36.9. The Kier molecular flexibility index (Phi) is 11.4. The molecule has 6 aliphatic rings. The van der Waals surface area contributed by atoms with Crippen molar-refractivity contribution in [3.63, 3.8) is 0 Å². The molecule has 62 heavy (non-hydrogen) atoms. The second kappa shape index (κ2) is 16.5. The number of fused-ring (bicyclic) bond motifs is 1. The summed E-state index contributed by atoms with van der Waals surface area (Å²) in [7, 11) is 0.232. The second-order valence-electron chi connectivity index (χ2n) is 20.3. The zero-order chi connectivity index (χ0) is 43.4. The van der Waals surface area contributed by atoms with Crippen LogP contribution in [0.15, 0.2) is 77.0 Å². The number of hydrogen-bond acceptors (Lipinski definition) is 10. The number of aromatic nitrogens is 2. The molecule has 2 bridgehead atoms. The smallest absolute Gasteiger partial charge is 0.273 e. The van der Waals surface area contributed by atoms with Crippen LogP contribution in [-0.4, -0.2) is 97.0 Å². The number of allylic oxidation sites excluding steroid dienone is 1. The average molecular weight is 863 g/mol. The molecule has 2 aromatic carbocycles. The van der Waals surface area contributed by atoms with Gasteiger partial charge in [0.05, 0.1) is 21.6 Å². The second-order valence-corrected chi connectivity index (χ2v) is 22.2. The number of benzene rings is 2. The van der Waals surface area contributed by atoms with E-state index in [-0.39, 0.29) is 21.9 Å². The van der Waals surface area contributed by atoms with E-state index in [0.29, 0.717) is 45.7 Å². The Balaban J connectivity index is 0.918. The summed E-state index contributed by atoms with van der Waals surface area (Å²) in [6.07, 6.45) is 18.1. The molecule has 5 fully saturated rings. The van der Waals surface area contributed by atoms with Gasteiger partial charge in [-0.05, 0) is 113 Å². The number of anilines is 1. The van der Waals surface area contributed by atoms with Crippen LogP contribution in [0.1, 0.15) is 107 Å². The topological polar surface area (TPSA) is 142 Å². The highest BCUT2D eigenvalue weighted by atomic mass is 32.2. The molecule has 10 rings (SSSR count). The van der Waals surface area contributed by atoms with Crippen LogP contribution in [0.2, 0.25) is 0 Å². The normalized spacial score (nSPS) is 24.2. The third-order valence-electron chi connectivity index (χ3n) is 15.3. The lowest BCUT2D eigenvalue weighted by molar-refractivity contribution is -0.385. The summed E-state index contributed by atoms with van der Waals surface area (Å²) >= 11 is 0. The number of Topliss-reactive ketones (excluding diaryl/α,β-unsaturated/α-hetero) is 1. The van der Waals surface area contributed by atoms with E-state index in [1.807, 2.05) is 24.3 Å². The van der Waals surface area contributed by atoms with Crippen molar-refractivity contribution in [3.05, 3.63) is 93.3 Å². The molecule has 12 nitrogen and oxygen atoms in total. The predicted octanol–water partition coefficient (Wildman–Crippen LogP) is 9.55. The molecule has 0 radical (unpaired) electrons. The number of H-pyrrole nitrogens is 1. The molecular weight excluding hydrogens is 801 g/mol. The number of pyridine rings is 1. The highest BCUT2D eigenvalue weighted by Gasteiger charge is 2.70. The van der Waals surface area contributed by atoms with E-state index >= 15 is 0 Å². The third kappa shape index (κ3) is 8.44. The highest BCUT2D eigenvalue weighted by molar-refractivity contribution is 7.92. The molecule has 0 atom stereocenters. The van der Waals surface area contributed by atoms with Crippen molar-refractivity contribution < 1.29 is 22.9 Å². The molecule has 4 aromatic rings. The number of carbonyl (C=O) groups excluding carboxylic acids is 1. The lowest BCUT2D eigenvalue weighted by Gasteiger charge is -2.75. The standard InChI is InChI=1S/C49H62N6O6S/c1-47(2)18-16-37(42(27-47)48-31-49(32-48,33-48)52(3)4)29-53-20-22-54(23-21-53)38-13-15-41(45(25-38)61-39-24-36-17-19-50-46(36)51-28-39)44(56)30-62(59,60)40-14-12-35(43(26-40)55(57)58)11-10-34-8-6-5-7-9-34/h12-15,17,19,24-26,28,34H,5-11,16,18,20-23,27,29-33H2,1-4H3,(H,50,51). The van der Waals surface area contributed by atoms with Crippen molar-refractivity contribution in [2.24, 2.45) is 16.7 Å². The summed E-state index contributed by atoms with van der Waals surface area (Å²) in [4.78, 5) is 40.4. The number of nitro benzene ring substituents is 1. The van der Waals surface area contributed by atoms with Gasteiger partial charge >= 0.3 is 0 Å². The van der Waals surface area contributed by atoms with Gasteiger partial charge < -0.3 is 19.5 Å². The Morgan fingerprint density at radius 1 is 1.00 bits per heavy atom. The van der Waals surface area contributed by atoms with Crippen molar-refractivity contribution in [1.29, 1.82) is 0 Å². The molecule has 0 unspecified atom stereocenters. The molecule has 0 amide bonds. The van der Waals surface area contributed by atoms with Gasteiger partial charge in [0.2, 0.25) is 0 Å². The molecule has 0 spiro atoms. The van der Waals surface area contributed by atoms with Gasteiger partial charge in [0.15, 0.2) is 15.6 Å². The number of sulfone groups is 1. The number of aromatic amines is 1. The molecule has 13 heteroatoms. The molecule has 5 aliphatic carbocycles. The number of rotatable bonds is 15. The first-order chi connectivity index (χ1) is 29.6. The largest absolute Gasteiger partial charge is 0.455 e. The van der Waals surface area contributed by atoms with Crippen molar-refractivity contribution in [2.75, 3.05) is 57.5 Å². The van der Waals surface area contributed by atoms with Gasteiger partial charge in [-0.1, -0.05) is 63.2 Å². The van der Waals surface area contributed by atoms with E-state index in [4.69, 9.17) is 4.74 Å². The monoisotopic (exact) mass is 862 g/mol. The Morgan fingerprint density at radius 3 is 2.48 bits per heavy atom. The Bertz CT molecular complexity index is 2490. The third-order valence-corrected chi connectivity index (χ3v) is 16.9. The van der Waals surface area contributed by atoms with Crippen molar-refractivity contribution in [3.8, 4) is 11.5 Å². The van der Waals surface area contributed by atoms with Crippen LogP contribution in [0.3, 0.4) is 0 Å². The van der Waals surface area contributed by atoms with Gasteiger partial charge in [-0.3, -0.25) is 19.8 Å². The number of ether oxygens (including phenoxy) is 1. The molecule has 4 saturated carbocycles. The lowest BCUT2D eigenvalue weighted by atomic mass is 9.35. The molecule has 1 aliphatic heterocycles. The molecule has 1 N–H and O–H groups in total. The Labute approximate surface area is 366 Å². The predicted molar refractivity (Wildman–Crippen MR) is 243 cm³/mol. The average Bonchev–Trinajstić information content (AvgIpc) is 3.68. The van der Waals surface area contributed by atoms with Gasteiger partial charge in [0.1, 0.15) is 22.9 Å². The first kappa shape index (κ1) is 42.7. The lowest BCUT2D eigenvalue weighted by Crippen LogP contribution is -2.74. The summed E-state index contributed by atoms with van der Waals surface area (Å²) in [6, 6.07) is 13.1.